The molecule has 0 aliphatic rings. The maximum Gasteiger partial charge on any atom is 0.293 e. The van der Waals surface area contributed by atoms with Crippen LogP contribution in [0.1, 0.15) is 52.8 Å². The fourth-order valence-corrected chi connectivity index (χ4v) is 3.85. The Labute approximate surface area is 207 Å². The number of nitrogens with one attached hydrogen (secondary N) is 1. The maximum absolute atomic E-state index is 12.6. The number of furan rings is 1. The zero-order chi connectivity index (χ0) is 24.2. The van der Waals surface area contributed by atoms with Gasteiger partial charge in [0.25, 0.3) is 5.91 Å². The molecule has 2 aromatic carbocycles. The molecule has 0 bridgehead atoms. The van der Waals surface area contributed by atoms with Crippen LogP contribution in [0.25, 0.3) is 0 Å². The zero-order valence-electron chi connectivity index (χ0n) is 19.0. The summed E-state index contributed by atoms with van der Waals surface area (Å²) in [5.74, 6) is 1.53. The maximum atomic E-state index is 12.6. The van der Waals surface area contributed by atoms with Crippen LogP contribution in [-0.2, 0) is 13.2 Å². The van der Waals surface area contributed by atoms with Gasteiger partial charge in [0, 0.05) is 10.0 Å². The van der Waals surface area contributed by atoms with E-state index in [4.69, 9.17) is 32.4 Å². The Morgan fingerprint density at radius 1 is 1.15 bits per heavy atom. The number of hydrogen-bond acceptors (Lipinski definition) is 5. The fraction of sp³-hybridized carbons (Fsp3) is 0.240. The molecule has 0 unspecified atom stereocenters. The van der Waals surface area contributed by atoms with E-state index in [1.165, 1.54) is 6.33 Å². The topological polar surface area (TPSA) is 82.2 Å². The molecule has 0 radical (unpaired) electrons. The Bertz CT molecular complexity index is 1310. The van der Waals surface area contributed by atoms with Gasteiger partial charge in [0.15, 0.2) is 5.76 Å². The molecule has 0 spiro atoms. The quantitative estimate of drug-likeness (QED) is 0.300. The first-order valence-corrected chi connectivity index (χ1v) is 11.5. The van der Waals surface area contributed by atoms with E-state index in [0.29, 0.717) is 28.3 Å². The molecule has 0 aliphatic heterocycles. The first-order chi connectivity index (χ1) is 16.3. The summed E-state index contributed by atoms with van der Waals surface area (Å²) < 4.78 is 13.2. The summed E-state index contributed by atoms with van der Waals surface area (Å²) in [6.45, 7) is 6.86. The lowest BCUT2D eigenvalue weighted by atomic mass is 10.0. The van der Waals surface area contributed by atoms with Crippen LogP contribution in [0.5, 0.6) is 5.75 Å². The minimum atomic E-state index is -0.452. The van der Waals surface area contributed by atoms with E-state index in [0.717, 1.165) is 22.4 Å². The van der Waals surface area contributed by atoms with Crippen molar-refractivity contribution in [3.63, 3.8) is 0 Å². The van der Waals surface area contributed by atoms with Crippen molar-refractivity contribution in [3.8, 4) is 5.75 Å². The number of rotatable bonds is 8. The van der Waals surface area contributed by atoms with Gasteiger partial charge in [0.1, 0.15) is 24.4 Å². The average molecular weight is 499 g/mol. The van der Waals surface area contributed by atoms with Crippen molar-refractivity contribution in [2.75, 3.05) is 5.32 Å². The number of hydrogen-bond donors (Lipinski definition) is 1. The Morgan fingerprint density at radius 2 is 1.97 bits per heavy atom. The van der Waals surface area contributed by atoms with Crippen molar-refractivity contribution < 1.29 is 13.9 Å². The Balaban J connectivity index is 1.36. The van der Waals surface area contributed by atoms with Gasteiger partial charge in [0.2, 0.25) is 5.95 Å². The number of carbonyl (C=O) groups excluding carboxylic acids is 1. The molecule has 34 heavy (non-hydrogen) atoms. The van der Waals surface area contributed by atoms with Gasteiger partial charge in [0.05, 0.1) is 6.54 Å². The molecule has 176 valence electrons. The van der Waals surface area contributed by atoms with Crippen molar-refractivity contribution >= 4 is 35.1 Å². The van der Waals surface area contributed by atoms with Crippen LogP contribution in [0.2, 0.25) is 10.0 Å². The van der Waals surface area contributed by atoms with Crippen molar-refractivity contribution in [1.82, 2.24) is 14.8 Å². The molecule has 2 aromatic heterocycles. The molecule has 2 heterocycles. The highest BCUT2D eigenvalue weighted by Gasteiger charge is 2.15. The normalized spacial score (nSPS) is 11.1. The van der Waals surface area contributed by atoms with Crippen LogP contribution in [0.4, 0.5) is 5.95 Å². The molecule has 9 heteroatoms. The van der Waals surface area contributed by atoms with Gasteiger partial charge in [-0.15, -0.1) is 5.10 Å². The predicted octanol–water partition coefficient (Wildman–Crippen LogP) is 6.49. The summed E-state index contributed by atoms with van der Waals surface area (Å²) in [6.07, 6.45) is 1.51. The first kappa shape index (κ1) is 23.9. The number of carbonyl (C=O) groups is 1. The summed E-state index contributed by atoms with van der Waals surface area (Å²) in [7, 11) is 0. The van der Waals surface area contributed by atoms with Crippen LogP contribution in [0.15, 0.2) is 59.3 Å². The number of benzene rings is 2. The molecule has 0 fully saturated rings. The van der Waals surface area contributed by atoms with E-state index < -0.39 is 5.91 Å². The average Bonchev–Trinajstić information content (AvgIpc) is 3.43. The van der Waals surface area contributed by atoms with Crippen LogP contribution < -0.4 is 10.1 Å². The number of ether oxygens (including phenoxy) is 1. The minimum absolute atomic E-state index is 0.143. The van der Waals surface area contributed by atoms with Gasteiger partial charge in [-0.25, -0.2) is 9.67 Å². The molecule has 1 N–H and O–H groups in total. The summed E-state index contributed by atoms with van der Waals surface area (Å²) in [5, 5.41) is 7.99. The third-order valence-corrected chi connectivity index (χ3v) is 5.74. The number of halogens is 2. The van der Waals surface area contributed by atoms with Gasteiger partial charge in [-0.1, -0.05) is 55.2 Å². The minimum Gasteiger partial charge on any atom is -0.485 e. The van der Waals surface area contributed by atoms with Crippen molar-refractivity contribution in [1.29, 1.82) is 0 Å². The molecule has 0 aliphatic carbocycles. The lowest BCUT2D eigenvalue weighted by molar-refractivity contribution is 0.0991. The lowest BCUT2D eigenvalue weighted by Gasteiger charge is -2.14. The second kappa shape index (κ2) is 10.3. The molecular formula is C25H24Cl2N4O3. The van der Waals surface area contributed by atoms with Crippen molar-refractivity contribution in [2.45, 2.75) is 39.8 Å². The number of amides is 1. The molecule has 4 aromatic rings. The van der Waals surface area contributed by atoms with E-state index in [1.54, 1.807) is 28.9 Å². The Morgan fingerprint density at radius 3 is 2.74 bits per heavy atom. The largest absolute Gasteiger partial charge is 0.485 e. The Hall–Kier alpha value is -3.29. The monoisotopic (exact) mass is 498 g/mol. The molecule has 0 saturated heterocycles. The van der Waals surface area contributed by atoms with Crippen molar-refractivity contribution in [3.05, 3.63) is 93.1 Å². The predicted molar refractivity (Wildman–Crippen MR) is 132 cm³/mol. The molecule has 4 rings (SSSR count). The summed E-state index contributed by atoms with van der Waals surface area (Å²) in [4.78, 5) is 16.7. The molecule has 7 nitrogen and oxygen atoms in total. The summed E-state index contributed by atoms with van der Waals surface area (Å²) in [5.41, 5.74) is 3.07. The van der Waals surface area contributed by atoms with E-state index in [-0.39, 0.29) is 18.3 Å². The fourth-order valence-electron chi connectivity index (χ4n) is 3.39. The molecule has 1 amide bonds. The number of anilines is 1. The smallest absolute Gasteiger partial charge is 0.293 e. The van der Waals surface area contributed by atoms with Gasteiger partial charge in [-0.3, -0.25) is 10.1 Å². The van der Waals surface area contributed by atoms with Crippen LogP contribution in [-0.4, -0.2) is 20.7 Å². The molecule has 0 atom stereocenters. The van der Waals surface area contributed by atoms with Gasteiger partial charge >= 0.3 is 0 Å². The summed E-state index contributed by atoms with van der Waals surface area (Å²) in [6, 6.07) is 14.7. The highest BCUT2D eigenvalue weighted by atomic mass is 35.5. The van der Waals surface area contributed by atoms with Gasteiger partial charge in [-0.05, 0) is 59.9 Å². The van der Waals surface area contributed by atoms with Crippen molar-refractivity contribution in [2.24, 2.45) is 0 Å². The number of aryl methyl sites for hydroxylation is 1. The zero-order valence-corrected chi connectivity index (χ0v) is 20.5. The van der Waals surface area contributed by atoms with Crippen LogP contribution >= 0.6 is 23.2 Å². The Kier molecular flexibility index (Phi) is 7.24. The number of nitrogens with zero attached hydrogens (tertiary/aromatic N) is 3. The van der Waals surface area contributed by atoms with Crippen LogP contribution in [0.3, 0.4) is 0 Å². The molecular weight excluding hydrogens is 475 g/mol. The van der Waals surface area contributed by atoms with E-state index in [1.807, 2.05) is 19.1 Å². The highest BCUT2D eigenvalue weighted by molar-refractivity contribution is 6.35. The SMILES string of the molecule is Cc1ccc(C(C)C)c(OCc2ccc(C(=O)Nc3ncn(Cc4ccc(Cl)cc4Cl)n3)o2)c1. The standard InChI is InChI=1S/C25H24Cl2N4O3/c1-15(2)20-8-4-16(3)10-23(20)33-13-19-7-9-22(34-19)24(32)29-25-28-14-31(30-25)12-17-5-6-18(26)11-21(17)27/h4-11,14-15H,12-13H2,1-3H3,(H,29,30,32). The highest BCUT2D eigenvalue weighted by Crippen LogP contribution is 2.28. The second-order valence-corrected chi connectivity index (χ2v) is 9.05. The molecule has 0 saturated carbocycles. The third kappa shape index (κ3) is 5.79. The number of aromatic nitrogens is 3. The lowest BCUT2D eigenvalue weighted by Crippen LogP contribution is -2.12. The van der Waals surface area contributed by atoms with Gasteiger partial charge < -0.3 is 9.15 Å². The summed E-state index contributed by atoms with van der Waals surface area (Å²) >= 11 is 12.1. The van der Waals surface area contributed by atoms with E-state index >= 15 is 0 Å². The third-order valence-electron chi connectivity index (χ3n) is 5.16. The first-order valence-electron chi connectivity index (χ1n) is 10.8. The van der Waals surface area contributed by atoms with E-state index in [9.17, 15) is 4.79 Å². The second-order valence-electron chi connectivity index (χ2n) is 8.21. The van der Waals surface area contributed by atoms with Crippen LogP contribution in [0, 0.1) is 6.92 Å². The van der Waals surface area contributed by atoms with Gasteiger partial charge in [-0.2, -0.15) is 0 Å². The van der Waals surface area contributed by atoms with E-state index in [2.05, 4.69) is 41.4 Å².